The molecule has 0 aliphatic heterocycles. The van der Waals surface area contributed by atoms with Gasteiger partial charge < -0.3 is 10.6 Å². The summed E-state index contributed by atoms with van der Waals surface area (Å²) in [7, 11) is 0. The summed E-state index contributed by atoms with van der Waals surface area (Å²) in [5.74, 6) is -0.517. The first-order chi connectivity index (χ1) is 13.5. The number of hydrogen-bond donors (Lipinski definition) is 2. The molecule has 5 nitrogen and oxygen atoms in total. The van der Waals surface area contributed by atoms with Gasteiger partial charge in [0.2, 0.25) is 0 Å². The van der Waals surface area contributed by atoms with E-state index in [1.807, 2.05) is 38.1 Å². The third kappa shape index (κ3) is 4.43. The topological polar surface area (TPSA) is 82.0 Å². The number of carbonyl (C=O) groups is 2. The van der Waals surface area contributed by atoms with Gasteiger partial charge in [-0.25, -0.2) is 0 Å². The minimum absolute atomic E-state index is 0.231. The Labute approximate surface area is 163 Å². The second-order valence-corrected chi connectivity index (χ2v) is 6.49. The number of amides is 2. The molecule has 0 atom stereocenters. The van der Waals surface area contributed by atoms with Crippen molar-refractivity contribution in [3.8, 4) is 6.07 Å². The van der Waals surface area contributed by atoms with Gasteiger partial charge in [0.1, 0.15) is 0 Å². The van der Waals surface area contributed by atoms with E-state index in [-0.39, 0.29) is 11.8 Å². The molecule has 0 fully saturated rings. The van der Waals surface area contributed by atoms with Crippen LogP contribution in [-0.2, 0) is 0 Å². The van der Waals surface area contributed by atoms with E-state index < -0.39 is 0 Å². The Balaban J connectivity index is 1.67. The largest absolute Gasteiger partial charge is 0.322 e. The molecule has 0 saturated heterocycles. The summed E-state index contributed by atoms with van der Waals surface area (Å²) in [4.78, 5) is 24.8. The monoisotopic (exact) mass is 369 g/mol. The molecule has 2 amide bonds. The zero-order valence-electron chi connectivity index (χ0n) is 15.6. The lowest BCUT2D eigenvalue weighted by molar-refractivity contribution is 0.101. The molecular formula is C23H19N3O2. The van der Waals surface area contributed by atoms with Crippen LogP contribution in [0.1, 0.15) is 37.4 Å². The van der Waals surface area contributed by atoms with Gasteiger partial charge in [0.15, 0.2) is 0 Å². The van der Waals surface area contributed by atoms with E-state index in [0.717, 1.165) is 16.8 Å². The Hall–Kier alpha value is -3.91. The van der Waals surface area contributed by atoms with E-state index >= 15 is 0 Å². The molecule has 0 radical (unpaired) electrons. The van der Waals surface area contributed by atoms with Gasteiger partial charge in [-0.1, -0.05) is 17.7 Å². The second kappa shape index (κ2) is 8.19. The van der Waals surface area contributed by atoms with Gasteiger partial charge in [-0.3, -0.25) is 9.59 Å². The summed E-state index contributed by atoms with van der Waals surface area (Å²) in [5, 5.41) is 14.5. The van der Waals surface area contributed by atoms with E-state index in [9.17, 15) is 9.59 Å². The first kappa shape index (κ1) is 18.9. The van der Waals surface area contributed by atoms with Crippen molar-refractivity contribution < 1.29 is 9.59 Å². The van der Waals surface area contributed by atoms with Crippen LogP contribution in [0.3, 0.4) is 0 Å². The number of nitrogens with one attached hydrogen (secondary N) is 2. The van der Waals surface area contributed by atoms with Crippen LogP contribution in [0.25, 0.3) is 0 Å². The van der Waals surface area contributed by atoms with Crippen molar-refractivity contribution in [1.82, 2.24) is 0 Å². The number of aryl methyl sites for hydroxylation is 2. The van der Waals surface area contributed by atoms with Crippen LogP contribution >= 0.6 is 0 Å². The Bertz CT molecular complexity index is 1060. The molecule has 5 heteroatoms. The number of rotatable bonds is 4. The number of anilines is 2. The SMILES string of the molecule is Cc1ccc(NC(=O)c2ccc(C(=O)Nc3ccc(C#N)cc3)cc2)c(C)c1. The van der Waals surface area contributed by atoms with Gasteiger partial charge in [0.25, 0.3) is 11.8 Å². The van der Waals surface area contributed by atoms with Crippen molar-refractivity contribution in [3.63, 3.8) is 0 Å². The summed E-state index contributed by atoms with van der Waals surface area (Å²) in [6.45, 7) is 3.94. The first-order valence-electron chi connectivity index (χ1n) is 8.76. The zero-order chi connectivity index (χ0) is 20.1. The molecule has 3 aromatic rings. The second-order valence-electron chi connectivity index (χ2n) is 6.49. The molecule has 0 bridgehead atoms. The fourth-order valence-corrected chi connectivity index (χ4v) is 2.75. The molecule has 2 N–H and O–H groups in total. The highest BCUT2D eigenvalue weighted by Gasteiger charge is 2.11. The lowest BCUT2D eigenvalue weighted by Crippen LogP contribution is -2.14. The number of carbonyl (C=O) groups excluding carboxylic acids is 2. The van der Waals surface area contributed by atoms with Gasteiger partial charge in [0, 0.05) is 22.5 Å². The molecule has 3 rings (SSSR count). The van der Waals surface area contributed by atoms with Crippen LogP contribution < -0.4 is 10.6 Å². The maximum absolute atomic E-state index is 12.4. The summed E-state index contributed by atoms with van der Waals surface area (Å²) in [5.41, 5.74) is 4.92. The lowest BCUT2D eigenvalue weighted by atomic mass is 10.1. The van der Waals surface area contributed by atoms with Gasteiger partial charge in [-0.15, -0.1) is 0 Å². The van der Waals surface area contributed by atoms with E-state index in [4.69, 9.17) is 5.26 Å². The van der Waals surface area contributed by atoms with Crippen LogP contribution in [0.5, 0.6) is 0 Å². The number of nitrogens with zero attached hydrogens (tertiary/aromatic N) is 1. The van der Waals surface area contributed by atoms with Gasteiger partial charge >= 0.3 is 0 Å². The average Bonchev–Trinajstić information content (AvgIpc) is 2.70. The van der Waals surface area contributed by atoms with Crippen molar-refractivity contribution >= 4 is 23.2 Å². The molecule has 0 aliphatic rings. The molecule has 0 spiro atoms. The lowest BCUT2D eigenvalue weighted by Gasteiger charge is -2.10. The Kier molecular flexibility index (Phi) is 5.52. The Morgan fingerprint density at radius 2 is 1.36 bits per heavy atom. The summed E-state index contributed by atoms with van der Waals surface area (Å²) in [6.07, 6.45) is 0. The molecule has 0 unspecified atom stereocenters. The van der Waals surface area contributed by atoms with Crippen molar-refractivity contribution in [1.29, 1.82) is 5.26 Å². The van der Waals surface area contributed by atoms with Gasteiger partial charge in [-0.05, 0) is 74.0 Å². The number of nitriles is 1. The van der Waals surface area contributed by atoms with Crippen molar-refractivity contribution in [2.75, 3.05) is 10.6 Å². The standard InChI is InChI=1S/C23H19N3O2/c1-15-3-12-21(16(2)13-15)26-23(28)19-8-6-18(7-9-19)22(27)25-20-10-4-17(14-24)5-11-20/h3-13H,1-2H3,(H,25,27)(H,26,28). The average molecular weight is 369 g/mol. The summed E-state index contributed by atoms with van der Waals surface area (Å²) in [6, 6.07) is 20.9. The highest BCUT2D eigenvalue weighted by Crippen LogP contribution is 2.18. The fraction of sp³-hybridized carbons (Fsp3) is 0.0870. The molecule has 0 heterocycles. The summed E-state index contributed by atoms with van der Waals surface area (Å²) < 4.78 is 0. The van der Waals surface area contributed by atoms with Crippen LogP contribution in [0.2, 0.25) is 0 Å². The van der Waals surface area contributed by atoms with Crippen LogP contribution in [0.15, 0.2) is 66.7 Å². The van der Waals surface area contributed by atoms with Gasteiger partial charge in [-0.2, -0.15) is 5.26 Å². The molecular weight excluding hydrogens is 350 g/mol. The first-order valence-corrected chi connectivity index (χ1v) is 8.76. The zero-order valence-corrected chi connectivity index (χ0v) is 15.6. The Morgan fingerprint density at radius 3 is 1.89 bits per heavy atom. The Morgan fingerprint density at radius 1 is 0.786 bits per heavy atom. The maximum atomic E-state index is 12.4. The van der Waals surface area contributed by atoms with E-state index in [0.29, 0.717) is 22.4 Å². The van der Waals surface area contributed by atoms with Crippen LogP contribution in [0.4, 0.5) is 11.4 Å². The molecule has 0 aliphatic carbocycles. The normalized spacial score (nSPS) is 10.0. The minimum Gasteiger partial charge on any atom is -0.322 e. The minimum atomic E-state index is -0.286. The van der Waals surface area contributed by atoms with Gasteiger partial charge in [0.05, 0.1) is 11.6 Å². The molecule has 28 heavy (non-hydrogen) atoms. The molecule has 0 aromatic heterocycles. The highest BCUT2D eigenvalue weighted by molar-refractivity contribution is 6.07. The number of benzene rings is 3. The third-order valence-electron chi connectivity index (χ3n) is 4.31. The van der Waals surface area contributed by atoms with E-state index in [1.54, 1.807) is 48.5 Å². The molecule has 0 saturated carbocycles. The molecule has 138 valence electrons. The third-order valence-corrected chi connectivity index (χ3v) is 4.31. The smallest absolute Gasteiger partial charge is 0.255 e. The fourth-order valence-electron chi connectivity index (χ4n) is 2.75. The quantitative estimate of drug-likeness (QED) is 0.700. The van der Waals surface area contributed by atoms with Crippen molar-refractivity contribution in [3.05, 3.63) is 94.5 Å². The summed E-state index contributed by atoms with van der Waals surface area (Å²) >= 11 is 0. The van der Waals surface area contributed by atoms with Crippen LogP contribution in [-0.4, -0.2) is 11.8 Å². The number of hydrogen-bond acceptors (Lipinski definition) is 3. The predicted molar refractivity (Wildman–Crippen MR) is 109 cm³/mol. The highest BCUT2D eigenvalue weighted by atomic mass is 16.2. The molecule has 3 aromatic carbocycles. The van der Waals surface area contributed by atoms with E-state index in [2.05, 4.69) is 10.6 Å². The van der Waals surface area contributed by atoms with Crippen molar-refractivity contribution in [2.45, 2.75) is 13.8 Å². The maximum Gasteiger partial charge on any atom is 0.255 e. The van der Waals surface area contributed by atoms with E-state index in [1.165, 1.54) is 0 Å². The predicted octanol–water partition coefficient (Wildman–Crippen LogP) is 4.68. The van der Waals surface area contributed by atoms with Crippen molar-refractivity contribution in [2.24, 2.45) is 0 Å². The van der Waals surface area contributed by atoms with Crippen LogP contribution in [0, 0.1) is 25.2 Å².